The van der Waals surface area contributed by atoms with Gasteiger partial charge in [0.05, 0.1) is 6.54 Å². The number of carbonyl (C=O) groups is 1. The van der Waals surface area contributed by atoms with Crippen LogP contribution in [0.25, 0.3) is 0 Å². The molecular formula is C7H14BrNO3. The Hall–Kier alpha value is -0.130. The summed E-state index contributed by atoms with van der Waals surface area (Å²) in [4.78, 5) is 10.9. The van der Waals surface area contributed by atoms with E-state index in [4.69, 9.17) is 9.47 Å². The molecule has 12 heavy (non-hydrogen) atoms. The average Bonchev–Trinajstić information content (AvgIpc) is 2.07. The Labute approximate surface area is 80.7 Å². The van der Waals surface area contributed by atoms with Crippen molar-refractivity contribution in [2.75, 3.05) is 26.1 Å². The van der Waals surface area contributed by atoms with Crippen LogP contribution in [0, 0.1) is 0 Å². The second kappa shape index (κ2) is 7.52. The van der Waals surface area contributed by atoms with Crippen molar-refractivity contribution in [3.05, 3.63) is 0 Å². The predicted octanol–water partition coefficient (Wildman–Crippen LogP) is 0.507. The van der Waals surface area contributed by atoms with E-state index in [9.17, 15) is 4.79 Å². The minimum absolute atomic E-state index is 0.00836. The van der Waals surface area contributed by atoms with E-state index in [-0.39, 0.29) is 12.2 Å². The number of carbonyl (C=O) groups excluding carboxylic acids is 1. The lowest BCUT2D eigenvalue weighted by Crippen LogP contribution is -2.34. The minimum Gasteiger partial charge on any atom is -0.354 e. The van der Waals surface area contributed by atoms with Crippen LogP contribution >= 0.6 is 15.9 Å². The molecule has 0 aliphatic carbocycles. The summed E-state index contributed by atoms with van der Waals surface area (Å²) in [6, 6.07) is 0. The number of methoxy groups -OCH3 is 2. The molecule has 0 aliphatic rings. The highest BCUT2D eigenvalue weighted by Gasteiger charge is 2.06. The number of rotatable bonds is 6. The molecule has 0 aromatic carbocycles. The monoisotopic (exact) mass is 239 g/mol. The first kappa shape index (κ1) is 11.9. The number of amides is 1. The van der Waals surface area contributed by atoms with E-state index in [0.29, 0.717) is 18.3 Å². The third-order valence-electron chi connectivity index (χ3n) is 1.31. The summed E-state index contributed by atoms with van der Waals surface area (Å²) in [6.07, 6.45) is 0.115. The third kappa shape index (κ3) is 5.51. The summed E-state index contributed by atoms with van der Waals surface area (Å²) < 4.78 is 9.76. The maximum atomic E-state index is 10.9. The fourth-order valence-corrected chi connectivity index (χ4v) is 0.994. The summed E-state index contributed by atoms with van der Waals surface area (Å²) in [5.41, 5.74) is 0. The van der Waals surface area contributed by atoms with Crippen molar-refractivity contribution in [3.63, 3.8) is 0 Å². The molecule has 0 heterocycles. The summed E-state index contributed by atoms with van der Waals surface area (Å²) in [5, 5.41) is 3.34. The Kier molecular flexibility index (Phi) is 7.43. The van der Waals surface area contributed by atoms with Gasteiger partial charge in [0, 0.05) is 26.0 Å². The second-order valence-electron chi connectivity index (χ2n) is 2.14. The van der Waals surface area contributed by atoms with E-state index in [1.807, 2.05) is 0 Å². The Morgan fingerprint density at radius 3 is 2.50 bits per heavy atom. The molecule has 5 heteroatoms. The van der Waals surface area contributed by atoms with Gasteiger partial charge in [-0.25, -0.2) is 0 Å². The molecule has 0 saturated carbocycles. The van der Waals surface area contributed by atoms with Gasteiger partial charge in [-0.2, -0.15) is 0 Å². The van der Waals surface area contributed by atoms with E-state index in [0.717, 1.165) is 0 Å². The van der Waals surface area contributed by atoms with E-state index in [1.165, 1.54) is 14.2 Å². The molecule has 0 unspecified atom stereocenters. The quantitative estimate of drug-likeness (QED) is 0.543. The van der Waals surface area contributed by atoms with Crippen molar-refractivity contribution in [1.82, 2.24) is 5.32 Å². The molecule has 0 spiro atoms. The molecule has 0 fully saturated rings. The molecule has 0 aromatic rings. The molecule has 1 amide bonds. The number of hydrogen-bond acceptors (Lipinski definition) is 3. The van der Waals surface area contributed by atoms with Gasteiger partial charge in [0.2, 0.25) is 5.91 Å². The van der Waals surface area contributed by atoms with Crippen molar-refractivity contribution in [2.24, 2.45) is 0 Å². The smallest absolute Gasteiger partial charge is 0.221 e. The lowest BCUT2D eigenvalue weighted by atomic mass is 10.4. The number of hydrogen-bond donors (Lipinski definition) is 1. The number of nitrogens with one attached hydrogen (secondary N) is 1. The average molecular weight is 240 g/mol. The van der Waals surface area contributed by atoms with E-state index in [2.05, 4.69) is 21.2 Å². The molecule has 0 atom stereocenters. The number of halogens is 1. The maximum absolute atomic E-state index is 10.9. The largest absolute Gasteiger partial charge is 0.354 e. The van der Waals surface area contributed by atoms with E-state index < -0.39 is 0 Å². The molecule has 0 radical (unpaired) electrons. The van der Waals surface area contributed by atoms with E-state index in [1.54, 1.807) is 0 Å². The van der Waals surface area contributed by atoms with Gasteiger partial charge in [0.15, 0.2) is 6.29 Å². The standard InChI is InChI=1S/C7H14BrNO3/c1-11-7(12-2)5-9-6(10)3-4-8/h7H,3-5H2,1-2H3,(H,9,10). The first-order valence-electron chi connectivity index (χ1n) is 3.62. The Balaban J connectivity index is 3.44. The van der Waals surface area contributed by atoms with Crippen molar-refractivity contribution in [2.45, 2.75) is 12.7 Å². The van der Waals surface area contributed by atoms with Crippen LogP contribution in [0.5, 0.6) is 0 Å². The summed E-state index contributed by atoms with van der Waals surface area (Å²) in [7, 11) is 3.07. The lowest BCUT2D eigenvalue weighted by molar-refractivity contribution is -0.127. The van der Waals surface area contributed by atoms with Gasteiger partial charge >= 0.3 is 0 Å². The van der Waals surface area contributed by atoms with Crippen LogP contribution < -0.4 is 5.32 Å². The molecule has 0 aromatic heterocycles. The minimum atomic E-state index is -0.357. The SMILES string of the molecule is COC(CNC(=O)CCBr)OC. The highest BCUT2D eigenvalue weighted by molar-refractivity contribution is 9.09. The third-order valence-corrected chi connectivity index (χ3v) is 1.71. The molecule has 72 valence electrons. The van der Waals surface area contributed by atoms with Crippen molar-refractivity contribution in [3.8, 4) is 0 Å². The molecule has 0 saturated heterocycles. The van der Waals surface area contributed by atoms with Crippen LogP contribution in [0.4, 0.5) is 0 Å². The molecule has 0 aliphatic heterocycles. The van der Waals surface area contributed by atoms with Gasteiger partial charge in [-0.15, -0.1) is 0 Å². The van der Waals surface area contributed by atoms with Gasteiger partial charge in [-0.3, -0.25) is 4.79 Å². The fourth-order valence-electron chi connectivity index (χ4n) is 0.634. The van der Waals surface area contributed by atoms with Crippen LogP contribution in [-0.4, -0.2) is 38.3 Å². The first-order chi connectivity index (χ1) is 5.74. The molecule has 1 N–H and O–H groups in total. The first-order valence-corrected chi connectivity index (χ1v) is 4.75. The fraction of sp³-hybridized carbons (Fsp3) is 0.857. The normalized spacial score (nSPS) is 10.3. The van der Waals surface area contributed by atoms with Gasteiger partial charge in [-0.1, -0.05) is 15.9 Å². The highest BCUT2D eigenvalue weighted by Crippen LogP contribution is 1.90. The van der Waals surface area contributed by atoms with Crippen molar-refractivity contribution < 1.29 is 14.3 Å². The highest BCUT2D eigenvalue weighted by atomic mass is 79.9. The van der Waals surface area contributed by atoms with Crippen LogP contribution in [0.15, 0.2) is 0 Å². The summed E-state index contributed by atoms with van der Waals surface area (Å²) in [5.74, 6) is -0.00836. The number of ether oxygens (including phenoxy) is 2. The van der Waals surface area contributed by atoms with Gasteiger partial charge < -0.3 is 14.8 Å². The Morgan fingerprint density at radius 2 is 2.08 bits per heavy atom. The van der Waals surface area contributed by atoms with E-state index >= 15 is 0 Å². The van der Waals surface area contributed by atoms with Crippen molar-refractivity contribution >= 4 is 21.8 Å². The van der Waals surface area contributed by atoms with Gasteiger partial charge in [-0.05, 0) is 0 Å². The lowest BCUT2D eigenvalue weighted by Gasteiger charge is -2.13. The van der Waals surface area contributed by atoms with Gasteiger partial charge in [0.25, 0.3) is 0 Å². The zero-order chi connectivity index (χ0) is 9.40. The molecule has 0 rings (SSSR count). The maximum Gasteiger partial charge on any atom is 0.221 e. The van der Waals surface area contributed by atoms with Crippen LogP contribution in [0.1, 0.15) is 6.42 Å². The van der Waals surface area contributed by atoms with Crippen LogP contribution in [0.3, 0.4) is 0 Å². The zero-order valence-corrected chi connectivity index (χ0v) is 8.89. The topological polar surface area (TPSA) is 47.6 Å². The summed E-state index contributed by atoms with van der Waals surface area (Å²) >= 11 is 3.17. The molecular weight excluding hydrogens is 226 g/mol. The predicted molar refractivity (Wildman–Crippen MR) is 49.2 cm³/mol. The molecule has 0 bridgehead atoms. The Bertz CT molecular complexity index is 128. The molecule has 4 nitrogen and oxygen atoms in total. The van der Waals surface area contributed by atoms with Crippen LogP contribution in [0.2, 0.25) is 0 Å². The van der Waals surface area contributed by atoms with Gasteiger partial charge in [0.1, 0.15) is 0 Å². The number of alkyl halides is 1. The van der Waals surface area contributed by atoms with Crippen LogP contribution in [-0.2, 0) is 14.3 Å². The summed E-state index contributed by atoms with van der Waals surface area (Å²) in [6.45, 7) is 0.388. The second-order valence-corrected chi connectivity index (χ2v) is 2.94. The van der Waals surface area contributed by atoms with Crippen molar-refractivity contribution in [1.29, 1.82) is 0 Å². The Morgan fingerprint density at radius 1 is 1.50 bits per heavy atom. The zero-order valence-electron chi connectivity index (χ0n) is 7.30.